The number of benzene rings is 1. The number of aryl methyl sites for hydroxylation is 1. The molecule has 0 atom stereocenters. The van der Waals surface area contributed by atoms with Crippen LogP contribution in [0.15, 0.2) is 42.7 Å². The summed E-state index contributed by atoms with van der Waals surface area (Å²) in [7, 11) is 1.64. The molecule has 2 aromatic heterocycles. The molecule has 0 aliphatic carbocycles. The SMILES string of the molecule is Cn1cc(C(=O)O)cc1-c1ncc(F)cc1OCc1cc(F)cc(C(C)(C)O)c1. The van der Waals surface area contributed by atoms with Crippen molar-refractivity contribution in [3.63, 3.8) is 0 Å². The van der Waals surface area contributed by atoms with Crippen molar-refractivity contribution in [2.24, 2.45) is 7.05 Å². The highest BCUT2D eigenvalue weighted by Crippen LogP contribution is 2.31. The summed E-state index contributed by atoms with van der Waals surface area (Å²) in [6.07, 6.45) is 2.42. The maximum Gasteiger partial charge on any atom is 0.337 e. The summed E-state index contributed by atoms with van der Waals surface area (Å²) in [6, 6.07) is 6.62. The molecule has 0 unspecified atom stereocenters. The first kappa shape index (κ1) is 20.5. The molecule has 0 bridgehead atoms. The molecule has 29 heavy (non-hydrogen) atoms. The predicted molar refractivity (Wildman–Crippen MR) is 102 cm³/mol. The minimum atomic E-state index is -1.24. The number of nitrogens with zero attached hydrogens (tertiary/aromatic N) is 2. The first-order valence-electron chi connectivity index (χ1n) is 8.75. The van der Waals surface area contributed by atoms with Gasteiger partial charge in [-0.15, -0.1) is 0 Å². The second kappa shape index (κ2) is 7.63. The van der Waals surface area contributed by atoms with Crippen molar-refractivity contribution in [1.29, 1.82) is 0 Å². The van der Waals surface area contributed by atoms with Gasteiger partial charge < -0.3 is 19.5 Å². The maximum atomic E-state index is 13.9. The molecular weight excluding hydrogens is 382 g/mol. The van der Waals surface area contributed by atoms with E-state index in [1.165, 1.54) is 38.2 Å². The lowest BCUT2D eigenvalue weighted by atomic mass is 9.96. The van der Waals surface area contributed by atoms with Gasteiger partial charge >= 0.3 is 5.97 Å². The van der Waals surface area contributed by atoms with Gasteiger partial charge in [-0.3, -0.25) is 0 Å². The molecule has 0 aliphatic rings. The topological polar surface area (TPSA) is 84.6 Å². The lowest BCUT2D eigenvalue weighted by Gasteiger charge is -2.19. The van der Waals surface area contributed by atoms with Crippen molar-refractivity contribution in [2.45, 2.75) is 26.1 Å². The summed E-state index contributed by atoms with van der Waals surface area (Å²) >= 11 is 0. The highest BCUT2D eigenvalue weighted by Gasteiger charge is 2.19. The minimum absolute atomic E-state index is 0.0551. The summed E-state index contributed by atoms with van der Waals surface area (Å²) in [5, 5.41) is 19.3. The zero-order valence-corrected chi connectivity index (χ0v) is 16.1. The van der Waals surface area contributed by atoms with E-state index in [9.17, 15) is 23.8 Å². The van der Waals surface area contributed by atoms with Gasteiger partial charge in [0.1, 0.15) is 23.9 Å². The number of aromatic nitrogens is 2. The van der Waals surface area contributed by atoms with Gasteiger partial charge in [-0.1, -0.05) is 0 Å². The standard InChI is InChI=1S/C21H20F2N2O4/c1-21(2,28)14-4-12(5-15(22)7-14)11-29-18-8-16(23)9-24-19(18)17-6-13(20(26)27)10-25(17)3/h4-10,28H,11H2,1-3H3,(H,26,27). The fourth-order valence-electron chi connectivity index (χ4n) is 2.89. The van der Waals surface area contributed by atoms with E-state index < -0.39 is 23.2 Å². The normalized spacial score (nSPS) is 11.5. The van der Waals surface area contributed by atoms with Crippen molar-refractivity contribution >= 4 is 5.97 Å². The van der Waals surface area contributed by atoms with Gasteiger partial charge in [0.15, 0.2) is 5.75 Å². The highest BCUT2D eigenvalue weighted by molar-refractivity contribution is 5.89. The molecule has 6 nitrogen and oxygen atoms in total. The Morgan fingerprint density at radius 1 is 1.17 bits per heavy atom. The molecule has 0 aliphatic heterocycles. The molecule has 0 radical (unpaired) electrons. The number of aliphatic hydroxyl groups is 1. The van der Waals surface area contributed by atoms with E-state index in [0.29, 0.717) is 16.8 Å². The number of carboxylic acid groups (broad SMARTS) is 1. The van der Waals surface area contributed by atoms with Crippen LogP contribution < -0.4 is 4.74 Å². The van der Waals surface area contributed by atoms with Crippen LogP contribution in [0.1, 0.15) is 35.3 Å². The third-order valence-electron chi connectivity index (χ3n) is 4.37. The molecule has 3 aromatic rings. The van der Waals surface area contributed by atoms with Gasteiger partial charge in [0.05, 0.1) is 23.1 Å². The Hall–Kier alpha value is -3.26. The van der Waals surface area contributed by atoms with Crippen molar-refractivity contribution in [1.82, 2.24) is 9.55 Å². The zero-order valence-electron chi connectivity index (χ0n) is 16.1. The average molecular weight is 402 g/mol. The number of hydrogen-bond donors (Lipinski definition) is 2. The number of carboxylic acids is 1. The number of ether oxygens (including phenoxy) is 1. The van der Waals surface area contributed by atoms with E-state index in [1.54, 1.807) is 17.7 Å². The fourth-order valence-corrected chi connectivity index (χ4v) is 2.89. The molecule has 0 saturated carbocycles. The summed E-state index contributed by atoms with van der Waals surface area (Å²) in [5.41, 5.74) is 0.310. The van der Waals surface area contributed by atoms with Crippen LogP contribution in [0.5, 0.6) is 5.75 Å². The summed E-state index contributed by atoms with van der Waals surface area (Å²) < 4.78 is 34.9. The Kier molecular flexibility index (Phi) is 5.39. The van der Waals surface area contributed by atoms with Crippen LogP contribution in [0.2, 0.25) is 0 Å². The molecule has 0 spiro atoms. The smallest absolute Gasteiger partial charge is 0.337 e. The number of halogens is 2. The molecule has 0 saturated heterocycles. The molecule has 3 rings (SSSR count). The molecule has 2 heterocycles. The van der Waals surface area contributed by atoms with Crippen LogP contribution in [-0.4, -0.2) is 25.7 Å². The third-order valence-corrected chi connectivity index (χ3v) is 4.37. The number of carbonyl (C=O) groups is 1. The Balaban J connectivity index is 1.94. The number of hydrogen-bond acceptors (Lipinski definition) is 4. The van der Waals surface area contributed by atoms with E-state index >= 15 is 0 Å². The van der Waals surface area contributed by atoms with E-state index in [-0.39, 0.29) is 23.6 Å². The van der Waals surface area contributed by atoms with Crippen LogP contribution in [-0.2, 0) is 19.3 Å². The summed E-state index contributed by atoms with van der Waals surface area (Å²) in [5.74, 6) is -2.19. The largest absolute Gasteiger partial charge is 0.486 e. The van der Waals surface area contributed by atoms with Crippen molar-refractivity contribution in [3.05, 3.63) is 71.1 Å². The monoisotopic (exact) mass is 402 g/mol. The Morgan fingerprint density at radius 3 is 2.52 bits per heavy atom. The molecule has 0 amide bonds. The quantitative estimate of drug-likeness (QED) is 0.654. The Labute approximate surface area is 166 Å². The summed E-state index contributed by atoms with van der Waals surface area (Å²) in [6.45, 7) is 2.97. The van der Waals surface area contributed by atoms with Gasteiger partial charge in [0, 0.05) is 19.3 Å². The van der Waals surface area contributed by atoms with Crippen LogP contribution in [0.25, 0.3) is 11.4 Å². The van der Waals surface area contributed by atoms with Crippen molar-refractivity contribution < 1.29 is 28.5 Å². The van der Waals surface area contributed by atoms with Crippen LogP contribution in [0.4, 0.5) is 8.78 Å². The first-order valence-corrected chi connectivity index (χ1v) is 8.75. The van der Waals surface area contributed by atoms with Gasteiger partial charge in [-0.05, 0) is 49.2 Å². The lowest BCUT2D eigenvalue weighted by molar-refractivity contribution is 0.0696. The second-order valence-corrected chi connectivity index (χ2v) is 7.23. The molecule has 1 aromatic carbocycles. The van der Waals surface area contributed by atoms with Gasteiger partial charge in [0.2, 0.25) is 0 Å². The average Bonchev–Trinajstić information content (AvgIpc) is 3.01. The first-order chi connectivity index (χ1) is 13.5. The zero-order chi connectivity index (χ0) is 21.3. The third kappa shape index (κ3) is 4.60. The molecule has 8 heteroatoms. The van der Waals surface area contributed by atoms with Crippen LogP contribution in [0, 0.1) is 11.6 Å². The molecule has 2 N–H and O–H groups in total. The highest BCUT2D eigenvalue weighted by atomic mass is 19.1. The predicted octanol–water partition coefficient (Wildman–Crippen LogP) is 3.87. The minimum Gasteiger partial charge on any atom is -0.486 e. The fraction of sp³-hybridized carbons (Fsp3) is 0.238. The van der Waals surface area contributed by atoms with E-state index in [2.05, 4.69) is 4.98 Å². The van der Waals surface area contributed by atoms with Crippen LogP contribution >= 0.6 is 0 Å². The Bertz CT molecular complexity index is 1070. The lowest BCUT2D eigenvalue weighted by Crippen LogP contribution is -2.16. The molecular formula is C21H20F2N2O4. The van der Waals surface area contributed by atoms with E-state index in [1.807, 2.05) is 0 Å². The van der Waals surface area contributed by atoms with Gasteiger partial charge in [-0.2, -0.15) is 0 Å². The van der Waals surface area contributed by atoms with Gasteiger partial charge in [-0.25, -0.2) is 18.6 Å². The number of aromatic carboxylic acids is 1. The number of rotatable bonds is 6. The maximum absolute atomic E-state index is 13.9. The van der Waals surface area contributed by atoms with Crippen molar-refractivity contribution in [2.75, 3.05) is 0 Å². The molecule has 152 valence electrons. The van der Waals surface area contributed by atoms with Crippen molar-refractivity contribution in [3.8, 4) is 17.1 Å². The Morgan fingerprint density at radius 2 is 1.90 bits per heavy atom. The molecule has 0 fully saturated rings. The van der Waals surface area contributed by atoms with Crippen LogP contribution in [0.3, 0.4) is 0 Å². The van der Waals surface area contributed by atoms with Gasteiger partial charge in [0.25, 0.3) is 0 Å². The second-order valence-electron chi connectivity index (χ2n) is 7.23. The number of pyridine rings is 1. The van der Waals surface area contributed by atoms with E-state index in [4.69, 9.17) is 4.74 Å². The van der Waals surface area contributed by atoms with E-state index in [0.717, 1.165) is 12.3 Å². The summed E-state index contributed by atoms with van der Waals surface area (Å²) in [4.78, 5) is 15.3.